The Bertz CT molecular complexity index is 966. The predicted octanol–water partition coefficient (Wildman–Crippen LogP) is 2.50. The van der Waals surface area contributed by atoms with Gasteiger partial charge in [-0.25, -0.2) is 0 Å². The molecule has 1 heterocycles. The van der Waals surface area contributed by atoms with Gasteiger partial charge in [0.05, 0.1) is 11.9 Å². The van der Waals surface area contributed by atoms with Gasteiger partial charge in [-0.1, -0.05) is 48.5 Å². The van der Waals surface area contributed by atoms with Crippen LogP contribution in [0.15, 0.2) is 54.6 Å². The van der Waals surface area contributed by atoms with Crippen molar-refractivity contribution >= 4 is 28.6 Å². The number of hydrogen-bond donors (Lipinski definition) is 2. The van der Waals surface area contributed by atoms with Crippen LogP contribution < -0.4 is 5.32 Å². The molecular weight excluding hydrogens is 346 g/mol. The highest BCUT2D eigenvalue weighted by molar-refractivity contribution is 6.04. The minimum atomic E-state index is -0.883. The maximum Gasteiger partial charge on any atom is 0.308 e. The lowest BCUT2D eigenvalue weighted by Gasteiger charge is -2.12. The van der Waals surface area contributed by atoms with E-state index in [2.05, 4.69) is 15.5 Å². The van der Waals surface area contributed by atoms with Gasteiger partial charge in [-0.3, -0.25) is 19.5 Å². The molecule has 0 saturated heterocycles. The number of benzene rings is 2. The summed E-state index contributed by atoms with van der Waals surface area (Å²) in [7, 11) is 0. The first-order chi connectivity index (χ1) is 13.1. The Balaban J connectivity index is 1.48. The lowest BCUT2D eigenvalue weighted by Crippen LogP contribution is -2.29. The van der Waals surface area contributed by atoms with E-state index in [1.165, 1.54) is 6.92 Å². The molecule has 1 atom stereocenters. The number of carbonyl (C=O) groups excluding carboxylic acids is 3. The Hall–Kier alpha value is -3.48. The summed E-state index contributed by atoms with van der Waals surface area (Å²) in [5.74, 6) is -1.20. The number of amides is 1. The minimum Gasteiger partial charge on any atom is -0.454 e. The largest absolute Gasteiger partial charge is 0.454 e. The van der Waals surface area contributed by atoms with E-state index in [9.17, 15) is 14.4 Å². The topological polar surface area (TPSA) is 101 Å². The van der Waals surface area contributed by atoms with Crippen molar-refractivity contribution in [2.45, 2.75) is 19.4 Å². The molecule has 2 N–H and O–H groups in total. The van der Waals surface area contributed by atoms with Gasteiger partial charge in [0, 0.05) is 17.5 Å². The maximum absolute atomic E-state index is 12.2. The number of esters is 1. The Morgan fingerprint density at radius 3 is 2.56 bits per heavy atom. The van der Waals surface area contributed by atoms with Crippen molar-refractivity contribution in [3.05, 3.63) is 65.9 Å². The van der Waals surface area contributed by atoms with Gasteiger partial charge in [-0.15, -0.1) is 0 Å². The standard InChI is InChI=1S/C20H19N3O4/c1-13(19(25)14-7-3-2-4-8-14)27-17(24)11-12-21-20(26)18-15-9-5-6-10-16(15)22-23-18/h2-10,13H,11-12H2,1H3,(H,21,26)(H,22,23). The van der Waals surface area contributed by atoms with Crippen LogP contribution in [0.5, 0.6) is 0 Å². The van der Waals surface area contributed by atoms with Crippen LogP contribution in [0.25, 0.3) is 10.9 Å². The highest BCUT2D eigenvalue weighted by Crippen LogP contribution is 2.14. The molecular formula is C20H19N3O4. The number of H-pyrrole nitrogens is 1. The fourth-order valence-electron chi connectivity index (χ4n) is 2.65. The molecule has 0 aliphatic heterocycles. The van der Waals surface area contributed by atoms with Gasteiger partial charge < -0.3 is 10.1 Å². The Morgan fingerprint density at radius 2 is 1.78 bits per heavy atom. The van der Waals surface area contributed by atoms with E-state index in [1.54, 1.807) is 36.4 Å². The monoisotopic (exact) mass is 365 g/mol. The van der Waals surface area contributed by atoms with Crippen LogP contribution >= 0.6 is 0 Å². The van der Waals surface area contributed by atoms with Crippen molar-refractivity contribution in [1.82, 2.24) is 15.5 Å². The zero-order valence-electron chi connectivity index (χ0n) is 14.8. The van der Waals surface area contributed by atoms with E-state index in [-0.39, 0.29) is 30.3 Å². The van der Waals surface area contributed by atoms with Gasteiger partial charge in [0.15, 0.2) is 11.8 Å². The number of fused-ring (bicyclic) bond motifs is 1. The molecule has 3 rings (SSSR count). The number of nitrogens with one attached hydrogen (secondary N) is 2. The highest BCUT2D eigenvalue weighted by Gasteiger charge is 2.19. The molecule has 0 fully saturated rings. The zero-order chi connectivity index (χ0) is 19.2. The second-order valence-corrected chi connectivity index (χ2v) is 5.99. The van der Waals surface area contributed by atoms with Gasteiger partial charge in [-0.2, -0.15) is 5.10 Å². The first-order valence-electron chi connectivity index (χ1n) is 8.56. The normalized spacial score (nSPS) is 11.7. The molecule has 0 aliphatic carbocycles. The number of ether oxygens (including phenoxy) is 1. The molecule has 0 spiro atoms. The smallest absolute Gasteiger partial charge is 0.308 e. The molecule has 1 amide bonds. The number of ketones is 1. The van der Waals surface area contributed by atoms with Crippen LogP contribution in [0, 0.1) is 0 Å². The number of rotatable bonds is 7. The molecule has 0 bridgehead atoms. The Morgan fingerprint density at radius 1 is 1.07 bits per heavy atom. The third-order valence-electron chi connectivity index (χ3n) is 4.04. The van der Waals surface area contributed by atoms with E-state index in [0.717, 1.165) is 5.52 Å². The van der Waals surface area contributed by atoms with E-state index in [1.807, 2.05) is 18.2 Å². The van der Waals surface area contributed by atoms with E-state index in [4.69, 9.17) is 4.74 Å². The second kappa shape index (κ2) is 8.27. The molecule has 2 aromatic carbocycles. The first kappa shape index (κ1) is 18.3. The summed E-state index contributed by atoms with van der Waals surface area (Å²) in [5.41, 5.74) is 1.51. The summed E-state index contributed by atoms with van der Waals surface area (Å²) in [4.78, 5) is 36.3. The van der Waals surface area contributed by atoms with Crippen LogP contribution in [-0.2, 0) is 9.53 Å². The molecule has 0 saturated carbocycles. The van der Waals surface area contributed by atoms with Gasteiger partial charge in [0.2, 0.25) is 5.78 Å². The second-order valence-electron chi connectivity index (χ2n) is 5.99. The molecule has 7 nitrogen and oxygen atoms in total. The third-order valence-corrected chi connectivity index (χ3v) is 4.04. The Kier molecular flexibility index (Phi) is 5.61. The highest BCUT2D eigenvalue weighted by atomic mass is 16.5. The van der Waals surface area contributed by atoms with Crippen molar-refractivity contribution in [3.8, 4) is 0 Å². The first-order valence-corrected chi connectivity index (χ1v) is 8.56. The summed E-state index contributed by atoms with van der Waals surface area (Å²) in [6, 6.07) is 15.9. The number of nitrogens with zero attached hydrogens (tertiary/aromatic N) is 1. The molecule has 27 heavy (non-hydrogen) atoms. The quantitative estimate of drug-likeness (QED) is 0.495. The lowest BCUT2D eigenvalue weighted by molar-refractivity contribution is -0.146. The lowest BCUT2D eigenvalue weighted by atomic mass is 10.1. The van der Waals surface area contributed by atoms with E-state index >= 15 is 0 Å². The van der Waals surface area contributed by atoms with Crippen LogP contribution in [0.2, 0.25) is 0 Å². The molecule has 138 valence electrons. The van der Waals surface area contributed by atoms with Crippen molar-refractivity contribution < 1.29 is 19.1 Å². The van der Waals surface area contributed by atoms with Gasteiger partial charge >= 0.3 is 5.97 Å². The number of carbonyl (C=O) groups is 3. The number of hydrogen-bond acceptors (Lipinski definition) is 5. The van der Waals surface area contributed by atoms with E-state index in [0.29, 0.717) is 10.9 Å². The number of aromatic nitrogens is 2. The van der Waals surface area contributed by atoms with Gasteiger partial charge in [0.1, 0.15) is 0 Å². The zero-order valence-corrected chi connectivity index (χ0v) is 14.8. The SMILES string of the molecule is CC(OC(=O)CCNC(=O)c1n[nH]c2ccccc12)C(=O)c1ccccc1. The van der Waals surface area contributed by atoms with E-state index < -0.39 is 12.1 Å². The van der Waals surface area contributed by atoms with Crippen LogP contribution in [0.3, 0.4) is 0 Å². The summed E-state index contributed by atoms with van der Waals surface area (Å²) in [5, 5.41) is 10.1. The summed E-state index contributed by atoms with van der Waals surface area (Å²) < 4.78 is 5.15. The maximum atomic E-state index is 12.2. The fraction of sp³-hybridized carbons (Fsp3) is 0.200. The molecule has 7 heteroatoms. The molecule has 1 unspecified atom stereocenters. The summed E-state index contributed by atoms with van der Waals surface area (Å²) in [6.07, 6.45) is -0.925. The van der Waals surface area contributed by atoms with Crippen molar-refractivity contribution in [1.29, 1.82) is 0 Å². The number of aromatic amines is 1. The number of Topliss-reactive ketones (excluding diaryl/α,β-unsaturated/α-hetero) is 1. The van der Waals surface area contributed by atoms with Crippen LogP contribution in [0.1, 0.15) is 34.2 Å². The fourth-order valence-corrected chi connectivity index (χ4v) is 2.65. The molecule has 0 aliphatic rings. The minimum absolute atomic E-state index is 0.0412. The van der Waals surface area contributed by atoms with Crippen molar-refractivity contribution in [2.24, 2.45) is 0 Å². The van der Waals surface area contributed by atoms with Crippen molar-refractivity contribution in [3.63, 3.8) is 0 Å². The van der Waals surface area contributed by atoms with Crippen LogP contribution in [0.4, 0.5) is 0 Å². The predicted molar refractivity (Wildman–Crippen MR) is 99.4 cm³/mol. The summed E-state index contributed by atoms with van der Waals surface area (Å²) in [6.45, 7) is 1.62. The van der Waals surface area contributed by atoms with Crippen molar-refractivity contribution in [2.75, 3.05) is 6.54 Å². The average molecular weight is 365 g/mol. The molecule has 3 aromatic rings. The van der Waals surface area contributed by atoms with Gasteiger partial charge in [-0.05, 0) is 13.0 Å². The number of para-hydroxylation sites is 1. The Labute approximate surface area is 155 Å². The average Bonchev–Trinajstić information content (AvgIpc) is 3.12. The van der Waals surface area contributed by atoms with Gasteiger partial charge in [0.25, 0.3) is 5.91 Å². The third kappa shape index (κ3) is 4.38. The molecule has 1 aromatic heterocycles. The summed E-state index contributed by atoms with van der Waals surface area (Å²) >= 11 is 0. The molecule has 0 radical (unpaired) electrons. The van der Waals surface area contributed by atoms with Crippen LogP contribution in [-0.4, -0.2) is 40.5 Å².